The van der Waals surface area contributed by atoms with Gasteiger partial charge in [-0.25, -0.2) is 12.8 Å². The zero-order valence-corrected chi connectivity index (χ0v) is 18.0. The van der Waals surface area contributed by atoms with E-state index in [9.17, 15) is 22.4 Å². The van der Waals surface area contributed by atoms with Crippen molar-refractivity contribution in [3.8, 4) is 0 Å². The van der Waals surface area contributed by atoms with E-state index in [2.05, 4.69) is 0 Å². The molecular formula is C22H24FN3O4S. The fourth-order valence-electron chi connectivity index (χ4n) is 3.76. The van der Waals surface area contributed by atoms with E-state index in [0.29, 0.717) is 11.3 Å². The highest BCUT2D eigenvalue weighted by Crippen LogP contribution is 2.33. The Bertz CT molecular complexity index is 1110. The van der Waals surface area contributed by atoms with Gasteiger partial charge in [-0.15, -0.1) is 0 Å². The highest BCUT2D eigenvalue weighted by molar-refractivity contribution is 7.89. The monoisotopic (exact) mass is 445 g/mol. The van der Waals surface area contributed by atoms with Crippen LogP contribution in [0, 0.1) is 11.7 Å². The second-order valence-corrected chi connectivity index (χ2v) is 9.72. The molecule has 2 aliphatic rings. The van der Waals surface area contributed by atoms with E-state index in [0.717, 1.165) is 18.9 Å². The van der Waals surface area contributed by atoms with Gasteiger partial charge in [-0.05, 0) is 37.1 Å². The number of hydrogen-bond donors (Lipinski definition) is 0. The van der Waals surface area contributed by atoms with Crippen LogP contribution in [0.5, 0.6) is 0 Å². The summed E-state index contributed by atoms with van der Waals surface area (Å²) in [4.78, 5) is 28.4. The van der Waals surface area contributed by atoms with E-state index in [1.54, 1.807) is 36.2 Å². The van der Waals surface area contributed by atoms with Crippen LogP contribution < -0.4 is 4.90 Å². The summed E-state index contributed by atoms with van der Waals surface area (Å²) in [5.41, 5.74) is 0.954. The van der Waals surface area contributed by atoms with Crippen LogP contribution in [0.15, 0.2) is 53.4 Å². The van der Waals surface area contributed by atoms with Crippen molar-refractivity contribution in [2.45, 2.75) is 17.7 Å². The van der Waals surface area contributed by atoms with Gasteiger partial charge >= 0.3 is 0 Å². The molecule has 9 heteroatoms. The van der Waals surface area contributed by atoms with Crippen molar-refractivity contribution in [1.29, 1.82) is 0 Å². The summed E-state index contributed by atoms with van der Waals surface area (Å²) in [6, 6.07) is 12.2. The lowest BCUT2D eigenvalue weighted by atomic mass is 10.1. The van der Waals surface area contributed by atoms with Crippen LogP contribution in [0.25, 0.3) is 0 Å². The number of carbonyl (C=O) groups is 2. The van der Waals surface area contributed by atoms with Gasteiger partial charge in [0.2, 0.25) is 15.9 Å². The molecule has 2 aromatic carbocycles. The van der Waals surface area contributed by atoms with Gasteiger partial charge in [-0.1, -0.05) is 24.3 Å². The number of benzene rings is 2. The molecule has 2 amide bonds. The Hall–Kier alpha value is -2.78. The Morgan fingerprint density at radius 2 is 1.58 bits per heavy atom. The number of hydrogen-bond acceptors (Lipinski definition) is 4. The van der Waals surface area contributed by atoms with Crippen LogP contribution in [0.2, 0.25) is 0 Å². The summed E-state index contributed by atoms with van der Waals surface area (Å²) >= 11 is 0. The second kappa shape index (κ2) is 8.39. The summed E-state index contributed by atoms with van der Waals surface area (Å²) in [7, 11) is -2.30. The number of rotatable bonds is 5. The normalized spacial score (nSPS) is 17.4. The Morgan fingerprint density at radius 3 is 2.23 bits per heavy atom. The number of halogens is 1. The minimum Gasteiger partial charge on any atom is -0.336 e. The maximum atomic E-state index is 14.0. The zero-order chi connectivity index (χ0) is 22.2. The molecule has 7 nitrogen and oxygen atoms in total. The largest absolute Gasteiger partial charge is 0.336 e. The first-order valence-corrected chi connectivity index (χ1v) is 11.7. The second-order valence-electron chi connectivity index (χ2n) is 7.82. The van der Waals surface area contributed by atoms with Gasteiger partial charge in [-0.3, -0.25) is 9.59 Å². The van der Waals surface area contributed by atoms with E-state index in [1.165, 1.54) is 27.4 Å². The highest BCUT2D eigenvalue weighted by Gasteiger charge is 2.35. The predicted octanol–water partition coefficient (Wildman–Crippen LogP) is 2.35. The molecule has 1 heterocycles. The summed E-state index contributed by atoms with van der Waals surface area (Å²) in [6.45, 7) is 0.505. The lowest BCUT2D eigenvalue weighted by Gasteiger charge is -2.34. The van der Waals surface area contributed by atoms with Crippen LogP contribution in [0.4, 0.5) is 10.1 Å². The highest BCUT2D eigenvalue weighted by atomic mass is 32.2. The number of nitrogens with zero attached hydrogens (tertiary/aromatic N) is 3. The van der Waals surface area contributed by atoms with Crippen molar-refractivity contribution < 1.29 is 22.4 Å². The molecule has 2 fully saturated rings. The summed E-state index contributed by atoms with van der Waals surface area (Å²) < 4.78 is 40.8. The van der Waals surface area contributed by atoms with Crippen molar-refractivity contribution in [3.05, 3.63) is 59.9 Å². The molecule has 1 aliphatic heterocycles. The molecular weight excluding hydrogens is 421 g/mol. The first-order valence-electron chi connectivity index (χ1n) is 10.2. The predicted molar refractivity (Wildman–Crippen MR) is 114 cm³/mol. The lowest BCUT2D eigenvalue weighted by molar-refractivity contribution is -0.119. The average molecular weight is 446 g/mol. The third kappa shape index (κ3) is 4.20. The van der Waals surface area contributed by atoms with E-state index >= 15 is 0 Å². The Kier molecular flexibility index (Phi) is 5.81. The molecule has 0 aromatic heterocycles. The van der Waals surface area contributed by atoms with E-state index < -0.39 is 15.8 Å². The van der Waals surface area contributed by atoms with Gasteiger partial charge in [0.1, 0.15) is 10.7 Å². The molecule has 0 atom stereocenters. The maximum Gasteiger partial charge on any atom is 0.256 e. The van der Waals surface area contributed by atoms with Crippen molar-refractivity contribution in [2.24, 2.45) is 5.92 Å². The summed E-state index contributed by atoms with van der Waals surface area (Å²) in [5.74, 6) is -1.02. The number of anilines is 1. The maximum absolute atomic E-state index is 14.0. The molecule has 0 unspecified atom stereocenters. The number of carbonyl (C=O) groups excluding carboxylic acids is 2. The number of sulfonamides is 1. The summed E-state index contributed by atoms with van der Waals surface area (Å²) in [6.07, 6.45) is 1.75. The fourth-order valence-corrected chi connectivity index (χ4v) is 5.25. The molecule has 4 rings (SSSR count). The molecule has 1 aliphatic carbocycles. The minimum atomic E-state index is -3.97. The zero-order valence-electron chi connectivity index (χ0n) is 17.2. The average Bonchev–Trinajstić information content (AvgIpc) is 3.63. The molecule has 1 saturated carbocycles. The number of para-hydroxylation sites is 1. The van der Waals surface area contributed by atoms with Crippen molar-refractivity contribution in [2.75, 3.05) is 38.1 Å². The van der Waals surface area contributed by atoms with Gasteiger partial charge < -0.3 is 9.80 Å². The molecule has 0 radical (unpaired) electrons. The quantitative estimate of drug-likeness (QED) is 0.708. The number of amides is 2. The van der Waals surface area contributed by atoms with Crippen LogP contribution in [-0.2, 0) is 14.8 Å². The van der Waals surface area contributed by atoms with Crippen LogP contribution in [-0.4, -0.2) is 62.7 Å². The lowest BCUT2D eigenvalue weighted by Crippen LogP contribution is -2.50. The third-order valence-corrected chi connectivity index (χ3v) is 7.67. The smallest absolute Gasteiger partial charge is 0.256 e. The van der Waals surface area contributed by atoms with E-state index in [4.69, 9.17) is 0 Å². The van der Waals surface area contributed by atoms with Crippen molar-refractivity contribution in [3.63, 3.8) is 0 Å². The van der Waals surface area contributed by atoms with Crippen LogP contribution in [0.1, 0.15) is 23.2 Å². The minimum absolute atomic E-state index is 0.000973. The van der Waals surface area contributed by atoms with Gasteiger partial charge in [0, 0.05) is 39.1 Å². The molecule has 0 spiro atoms. The Balaban J connectivity index is 1.48. The first kappa shape index (κ1) is 21.5. The molecule has 1 saturated heterocycles. The molecule has 31 heavy (non-hydrogen) atoms. The van der Waals surface area contributed by atoms with Gasteiger partial charge in [-0.2, -0.15) is 4.31 Å². The van der Waals surface area contributed by atoms with E-state index in [-0.39, 0.29) is 48.8 Å². The van der Waals surface area contributed by atoms with E-state index in [1.807, 2.05) is 0 Å². The summed E-state index contributed by atoms with van der Waals surface area (Å²) in [5, 5.41) is 0. The van der Waals surface area contributed by atoms with Gasteiger partial charge in [0.25, 0.3) is 5.91 Å². The standard InChI is InChI=1S/C22H24FN3O4S/c1-24(21(27)16-10-11-16)19-8-4-2-6-17(19)22(28)25-12-14-26(15-13-25)31(29,30)20-9-5-3-7-18(20)23/h2-9,16H,10-15H2,1H3. The third-order valence-electron chi connectivity index (χ3n) is 5.73. The van der Waals surface area contributed by atoms with Crippen LogP contribution >= 0.6 is 0 Å². The van der Waals surface area contributed by atoms with Gasteiger partial charge in [0.05, 0.1) is 11.3 Å². The Labute approximate surface area is 181 Å². The SMILES string of the molecule is CN(C(=O)C1CC1)c1ccccc1C(=O)N1CCN(S(=O)(=O)c2ccccc2F)CC1. The fraction of sp³-hybridized carbons (Fsp3) is 0.364. The Morgan fingerprint density at radius 1 is 0.968 bits per heavy atom. The van der Waals surface area contributed by atoms with Gasteiger partial charge in [0.15, 0.2) is 0 Å². The van der Waals surface area contributed by atoms with Crippen molar-refractivity contribution in [1.82, 2.24) is 9.21 Å². The molecule has 2 aromatic rings. The van der Waals surface area contributed by atoms with Crippen molar-refractivity contribution >= 4 is 27.5 Å². The number of piperazine rings is 1. The molecule has 0 bridgehead atoms. The topological polar surface area (TPSA) is 78.0 Å². The molecule has 0 N–H and O–H groups in total. The van der Waals surface area contributed by atoms with Crippen LogP contribution in [0.3, 0.4) is 0 Å². The first-order chi connectivity index (χ1) is 14.8. The molecule has 164 valence electrons.